The Labute approximate surface area is 95.8 Å². The second kappa shape index (κ2) is 7.00. The van der Waals surface area contributed by atoms with Crippen LogP contribution in [0.1, 0.15) is 25.5 Å². The van der Waals surface area contributed by atoms with E-state index in [9.17, 15) is 4.79 Å². The van der Waals surface area contributed by atoms with Crippen molar-refractivity contribution in [1.82, 2.24) is 15.3 Å². The van der Waals surface area contributed by atoms with Crippen molar-refractivity contribution in [3.8, 4) is 0 Å². The number of rotatable bonds is 7. The number of nitrogens with one attached hydrogen (secondary N) is 2. The van der Waals surface area contributed by atoms with Gasteiger partial charge in [-0.25, -0.2) is 4.98 Å². The third kappa shape index (κ3) is 4.44. The smallest absolute Gasteiger partial charge is 0.220 e. The molecular weight excluding hydrogens is 204 g/mol. The lowest BCUT2D eigenvalue weighted by Gasteiger charge is -2.11. The van der Waals surface area contributed by atoms with Gasteiger partial charge >= 0.3 is 0 Å². The molecule has 1 aromatic rings. The summed E-state index contributed by atoms with van der Waals surface area (Å²) in [5, 5.41) is 2.88. The molecule has 1 aromatic heterocycles. The minimum absolute atomic E-state index is 0.0804. The highest BCUT2D eigenvalue weighted by Crippen LogP contribution is 2.05. The SMILES string of the molecule is CCC(CN)CC(=O)NCCc1cnc[nH]1. The molecule has 0 aliphatic rings. The van der Waals surface area contributed by atoms with Gasteiger partial charge in [0.15, 0.2) is 0 Å². The summed E-state index contributed by atoms with van der Waals surface area (Å²) in [7, 11) is 0. The van der Waals surface area contributed by atoms with Crippen LogP contribution in [0.3, 0.4) is 0 Å². The summed E-state index contributed by atoms with van der Waals surface area (Å²) in [6.07, 6.45) is 5.66. The van der Waals surface area contributed by atoms with E-state index in [1.165, 1.54) is 0 Å². The molecule has 5 heteroatoms. The highest BCUT2D eigenvalue weighted by atomic mass is 16.1. The van der Waals surface area contributed by atoms with Gasteiger partial charge in [0.05, 0.1) is 6.33 Å². The molecule has 0 saturated carbocycles. The van der Waals surface area contributed by atoms with Crippen LogP contribution in [-0.4, -0.2) is 29.0 Å². The molecule has 5 nitrogen and oxygen atoms in total. The van der Waals surface area contributed by atoms with Gasteiger partial charge in [0.1, 0.15) is 0 Å². The Balaban J connectivity index is 2.15. The molecule has 0 aliphatic carbocycles. The Morgan fingerprint density at radius 2 is 2.50 bits per heavy atom. The fourth-order valence-electron chi connectivity index (χ4n) is 1.49. The molecule has 1 amide bonds. The van der Waals surface area contributed by atoms with Crippen LogP contribution in [0.15, 0.2) is 12.5 Å². The summed E-state index contributed by atoms with van der Waals surface area (Å²) in [5.41, 5.74) is 6.58. The average Bonchev–Trinajstić information content (AvgIpc) is 2.79. The van der Waals surface area contributed by atoms with Crippen LogP contribution >= 0.6 is 0 Å². The minimum atomic E-state index is 0.0804. The van der Waals surface area contributed by atoms with Gasteiger partial charge in [0.2, 0.25) is 5.91 Å². The summed E-state index contributed by atoms with van der Waals surface area (Å²) in [6, 6.07) is 0. The molecule has 0 spiro atoms. The van der Waals surface area contributed by atoms with Gasteiger partial charge in [-0.15, -0.1) is 0 Å². The number of hydrogen-bond acceptors (Lipinski definition) is 3. The molecular formula is C11H20N4O. The van der Waals surface area contributed by atoms with Gasteiger partial charge in [-0.2, -0.15) is 0 Å². The lowest BCUT2D eigenvalue weighted by Crippen LogP contribution is -2.29. The van der Waals surface area contributed by atoms with E-state index in [1.807, 2.05) is 0 Å². The summed E-state index contributed by atoms with van der Waals surface area (Å²) in [6.45, 7) is 3.27. The molecule has 0 bridgehead atoms. The topological polar surface area (TPSA) is 83.8 Å². The number of carbonyl (C=O) groups excluding carboxylic acids is 1. The third-order valence-corrected chi connectivity index (χ3v) is 2.66. The van der Waals surface area contributed by atoms with Crippen molar-refractivity contribution in [2.24, 2.45) is 11.7 Å². The zero-order chi connectivity index (χ0) is 11.8. The van der Waals surface area contributed by atoms with Gasteiger partial charge in [-0.05, 0) is 12.5 Å². The lowest BCUT2D eigenvalue weighted by molar-refractivity contribution is -0.121. The molecule has 1 heterocycles. The second-order valence-electron chi connectivity index (χ2n) is 3.89. The summed E-state index contributed by atoms with van der Waals surface area (Å²) in [5.74, 6) is 0.379. The molecule has 1 unspecified atom stereocenters. The van der Waals surface area contributed by atoms with Crippen LogP contribution in [-0.2, 0) is 11.2 Å². The van der Waals surface area contributed by atoms with Crippen molar-refractivity contribution >= 4 is 5.91 Å². The number of nitrogens with zero attached hydrogens (tertiary/aromatic N) is 1. The first-order chi connectivity index (χ1) is 7.76. The van der Waals surface area contributed by atoms with E-state index in [4.69, 9.17) is 5.73 Å². The van der Waals surface area contributed by atoms with Crippen molar-refractivity contribution in [2.45, 2.75) is 26.2 Å². The second-order valence-corrected chi connectivity index (χ2v) is 3.89. The van der Waals surface area contributed by atoms with Gasteiger partial charge in [-0.3, -0.25) is 4.79 Å². The van der Waals surface area contributed by atoms with Crippen molar-refractivity contribution < 1.29 is 4.79 Å². The van der Waals surface area contributed by atoms with E-state index in [2.05, 4.69) is 22.2 Å². The van der Waals surface area contributed by atoms with E-state index in [1.54, 1.807) is 12.5 Å². The number of carbonyl (C=O) groups is 1. The molecule has 1 atom stereocenters. The highest BCUT2D eigenvalue weighted by Gasteiger charge is 2.09. The van der Waals surface area contributed by atoms with E-state index < -0.39 is 0 Å². The first-order valence-corrected chi connectivity index (χ1v) is 5.70. The van der Waals surface area contributed by atoms with Crippen LogP contribution in [0.4, 0.5) is 0 Å². The fraction of sp³-hybridized carbons (Fsp3) is 0.636. The van der Waals surface area contributed by atoms with E-state index >= 15 is 0 Å². The van der Waals surface area contributed by atoms with Crippen molar-refractivity contribution in [3.63, 3.8) is 0 Å². The number of amides is 1. The van der Waals surface area contributed by atoms with E-state index in [0.29, 0.717) is 25.4 Å². The normalized spacial score (nSPS) is 12.4. The number of hydrogen-bond donors (Lipinski definition) is 3. The molecule has 4 N–H and O–H groups in total. The molecule has 90 valence electrons. The molecule has 1 rings (SSSR count). The predicted molar refractivity (Wildman–Crippen MR) is 62.8 cm³/mol. The molecule has 16 heavy (non-hydrogen) atoms. The monoisotopic (exact) mass is 224 g/mol. The molecule has 0 saturated heterocycles. The van der Waals surface area contributed by atoms with E-state index in [-0.39, 0.29) is 5.91 Å². The van der Waals surface area contributed by atoms with Crippen molar-refractivity contribution in [1.29, 1.82) is 0 Å². The zero-order valence-electron chi connectivity index (χ0n) is 9.70. The van der Waals surface area contributed by atoms with Gasteiger partial charge in [-0.1, -0.05) is 13.3 Å². The quantitative estimate of drug-likeness (QED) is 0.628. The molecule has 0 aromatic carbocycles. The van der Waals surface area contributed by atoms with Crippen LogP contribution in [0.25, 0.3) is 0 Å². The molecule has 0 radical (unpaired) electrons. The van der Waals surface area contributed by atoms with Gasteiger partial charge < -0.3 is 16.0 Å². The number of aromatic nitrogens is 2. The Morgan fingerprint density at radius 3 is 3.06 bits per heavy atom. The minimum Gasteiger partial charge on any atom is -0.356 e. The van der Waals surface area contributed by atoms with Crippen LogP contribution in [0.5, 0.6) is 0 Å². The van der Waals surface area contributed by atoms with Crippen LogP contribution in [0, 0.1) is 5.92 Å². The Morgan fingerprint density at radius 1 is 1.69 bits per heavy atom. The summed E-state index contributed by atoms with van der Waals surface area (Å²) in [4.78, 5) is 18.4. The summed E-state index contributed by atoms with van der Waals surface area (Å²) >= 11 is 0. The first kappa shape index (κ1) is 12.7. The first-order valence-electron chi connectivity index (χ1n) is 5.70. The summed E-state index contributed by atoms with van der Waals surface area (Å²) < 4.78 is 0. The predicted octanol–water partition coefficient (Wildman–Crippen LogP) is 0.443. The van der Waals surface area contributed by atoms with Gasteiger partial charge in [0, 0.05) is 31.3 Å². The number of imidazole rings is 1. The molecule has 0 fully saturated rings. The largest absolute Gasteiger partial charge is 0.356 e. The number of H-pyrrole nitrogens is 1. The lowest BCUT2D eigenvalue weighted by atomic mass is 10.0. The Kier molecular flexibility index (Phi) is 5.56. The highest BCUT2D eigenvalue weighted by molar-refractivity contribution is 5.76. The Hall–Kier alpha value is -1.36. The van der Waals surface area contributed by atoms with Gasteiger partial charge in [0.25, 0.3) is 0 Å². The number of aromatic amines is 1. The van der Waals surface area contributed by atoms with Crippen molar-refractivity contribution in [2.75, 3.05) is 13.1 Å². The number of nitrogens with two attached hydrogens (primary N) is 1. The Bertz CT molecular complexity index is 293. The standard InChI is InChI=1S/C11H20N4O/c1-2-9(6-12)5-11(16)14-4-3-10-7-13-8-15-10/h7-9H,2-6,12H2,1H3,(H,13,15)(H,14,16). The maximum Gasteiger partial charge on any atom is 0.220 e. The maximum atomic E-state index is 11.5. The zero-order valence-corrected chi connectivity index (χ0v) is 9.70. The maximum absolute atomic E-state index is 11.5. The average molecular weight is 224 g/mol. The van der Waals surface area contributed by atoms with Crippen molar-refractivity contribution in [3.05, 3.63) is 18.2 Å². The molecule has 0 aliphatic heterocycles. The third-order valence-electron chi connectivity index (χ3n) is 2.66. The van der Waals surface area contributed by atoms with Crippen LogP contribution < -0.4 is 11.1 Å². The van der Waals surface area contributed by atoms with E-state index in [0.717, 1.165) is 18.5 Å². The fourth-order valence-corrected chi connectivity index (χ4v) is 1.49. The van der Waals surface area contributed by atoms with Crippen LogP contribution in [0.2, 0.25) is 0 Å².